The Morgan fingerprint density at radius 3 is 2.71 bits per heavy atom. The summed E-state index contributed by atoms with van der Waals surface area (Å²) in [6.45, 7) is 6.97. The van der Waals surface area contributed by atoms with Gasteiger partial charge in [-0.25, -0.2) is 4.98 Å². The standard InChI is InChI=1S/C12H20N4O/c1-5-12(2,3)8-15-11(17)9-6-14-7-10(13-4)16-9/h6-7H,5,8H2,1-4H3,(H,13,16)(H,15,17). The third-order valence-electron chi connectivity index (χ3n) is 2.81. The van der Waals surface area contributed by atoms with Crippen LogP contribution in [0.3, 0.4) is 0 Å². The lowest BCUT2D eigenvalue weighted by Crippen LogP contribution is -2.34. The number of aromatic nitrogens is 2. The van der Waals surface area contributed by atoms with Gasteiger partial charge in [-0.1, -0.05) is 20.8 Å². The molecule has 0 saturated carbocycles. The molecule has 1 aromatic heterocycles. The minimum Gasteiger partial charge on any atom is -0.372 e. The van der Waals surface area contributed by atoms with E-state index < -0.39 is 0 Å². The van der Waals surface area contributed by atoms with Crippen LogP contribution in [0.1, 0.15) is 37.7 Å². The Morgan fingerprint density at radius 2 is 2.12 bits per heavy atom. The van der Waals surface area contributed by atoms with Crippen molar-refractivity contribution in [2.75, 3.05) is 18.9 Å². The van der Waals surface area contributed by atoms with Gasteiger partial charge in [0, 0.05) is 13.6 Å². The largest absolute Gasteiger partial charge is 0.372 e. The van der Waals surface area contributed by atoms with E-state index in [0.29, 0.717) is 18.1 Å². The topological polar surface area (TPSA) is 66.9 Å². The van der Waals surface area contributed by atoms with Crippen LogP contribution in [-0.4, -0.2) is 29.5 Å². The van der Waals surface area contributed by atoms with Gasteiger partial charge in [0.25, 0.3) is 5.91 Å². The van der Waals surface area contributed by atoms with Crippen molar-refractivity contribution in [1.82, 2.24) is 15.3 Å². The number of hydrogen-bond acceptors (Lipinski definition) is 4. The first-order valence-corrected chi connectivity index (χ1v) is 5.76. The molecule has 0 atom stereocenters. The first-order chi connectivity index (χ1) is 7.98. The van der Waals surface area contributed by atoms with Crippen molar-refractivity contribution in [2.24, 2.45) is 5.41 Å². The zero-order valence-corrected chi connectivity index (χ0v) is 10.9. The smallest absolute Gasteiger partial charge is 0.271 e. The molecule has 0 aromatic carbocycles. The van der Waals surface area contributed by atoms with Gasteiger partial charge in [0.1, 0.15) is 11.5 Å². The minimum atomic E-state index is -0.184. The molecule has 94 valence electrons. The molecule has 17 heavy (non-hydrogen) atoms. The van der Waals surface area contributed by atoms with Crippen LogP contribution >= 0.6 is 0 Å². The lowest BCUT2D eigenvalue weighted by molar-refractivity contribution is 0.0930. The maximum absolute atomic E-state index is 11.8. The quantitative estimate of drug-likeness (QED) is 0.816. The lowest BCUT2D eigenvalue weighted by atomic mass is 9.90. The fourth-order valence-electron chi connectivity index (χ4n) is 1.13. The summed E-state index contributed by atoms with van der Waals surface area (Å²) in [4.78, 5) is 19.9. The average Bonchev–Trinajstić information content (AvgIpc) is 2.36. The Hall–Kier alpha value is -1.65. The highest BCUT2D eigenvalue weighted by atomic mass is 16.1. The number of carbonyl (C=O) groups excluding carboxylic acids is 1. The molecule has 0 aliphatic rings. The van der Waals surface area contributed by atoms with Crippen molar-refractivity contribution in [3.05, 3.63) is 18.1 Å². The Balaban J connectivity index is 2.64. The molecule has 0 unspecified atom stereocenters. The van der Waals surface area contributed by atoms with Gasteiger partial charge in [-0.15, -0.1) is 0 Å². The molecule has 5 heteroatoms. The highest BCUT2D eigenvalue weighted by Gasteiger charge is 2.17. The summed E-state index contributed by atoms with van der Waals surface area (Å²) in [5.41, 5.74) is 0.438. The zero-order chi connectivity index (χ0) is 12.9. The Morgan fingerprint density at radius 1 is 1.41 bits per heavy atom. The molecule has 0 saturated heterocycles. The third kappa shape index (κ3) is 4.01. The van der Waals surface area contributed by atoms with E-state index >= 15 is 0 Å². The predicted octanol–water partition coefficient (Wildman–Crippen LogP) is 1.68. The van der Waals surface area contributed by atoms with Crippen molar-refractivity contribution in [3.8, 4) is 0 Å². The first-order valence-electron chi connectivity index (χ1n) is 5.76. The number of nitrogens with zero attached hydrogens (tertiary/aromatic N) is 2. The van der Waals surface area contributed by atoms with Crippen LogP contribution in [0.2, 0.25) is 0 Å². The molecule has 1 amide bonds. The third-order valence-corrected chi connectivity index (χ3v) is 2.81. The lowest BCUT2D eigenvalue weighted by Gasteiger charge is -2.22. The van der Waals surface area contributed by atoms with Gasteiger partial charge in [-0.05, 0) is 11.8 Å². The van der Waals surface area contributed by atoms with Crippen molar-refractivity contribution < 1.29 is 4.79 Å². The van der Waals surface area contributed by atoms with Crippen molar-refractivity contribution in [2.45, 2.75) is 27.2 Å². The van der Waals surface area contributed by atoms with E-state index in [-0.39, 0.29) is 11.3 Å². The highest BCUT2D eigenvalue weighted by Crippen LogP contribution is 2.17. The second-order valence-electron chi connectivity index (χ2n) is 4.74. The fourth-order valence-corrected chi connectivity index (χ4v) is 1.13. The van der Waals surface area contributed by atoms with Crippen LogP contribution in [0.15, 0.2) is 12.4 Å². The van der Waals surface area contributed by atoms with Gasteiger partial charge < -0.3 is 10.6 Å². The normalized spacial score (nSPS) is 11.1. The van der Waals surface area contributed by atoms with Gasteiger partial charge in [0.05, 0.1) is 12.4 Å². The maximum Gasteiger partial charge on any atom is 0.271 e. The number of amides is 1. The van der Waals surface area contributed by atoms with Crippen LogP contribution in [0, 0.1) is 5.41 Å². The molecule has 0 aliphatic carbocycles. The van der Waals surface area contributed by atoms with Gasteiger partial charge in [-0.3, -0.25) is 9.78 Å². The van der Waals surface area contributed by atoms with E-state index in [1.54, 1.807) is 13.2 Å². The van der Waals surface area contributed by atoms with E-state index in [2.05, 4.69) is 41.4 Å². The molecular formula is C12H20N4O. The number of anilines is 1. The van der Waals surface area contributed by atoms with E-state index in [4.69, 9.17) is 0 Å². The summed E-state index contributed by atoms with van der Waals surface area (Å²) < 4.78 is 0. The molecule has 1 rings (SSSR count). The van der Waals surface area contributed by atoms with Crippen molar-refractivity contribution in [3.63, 3.8) is 0 Å². The maximum atomic E-state index is 11.8. The molecule has 0 aliphatic heterocycles. The molecule has 1 heterocycles. The van der Waals surface area contributed by atoms with Gasteiger partial charge in [-0.2, -0.15) is 0 Å². The summed E-state index contributed by atoms with van der Waals surface area (Å²) in [5.74, 6) is 0.406. The second kappa shape index (κ2) is 5.61. The average molecular weight is 236 g/mol. The highest BCUT2D eigenvalue weighted by molar-refractivity contribution is 5.92. The second-order valence-corrected chi connectivity index (χ2v) is 4.74. The summed E-state index contributed by atoms with van der Waals surface area (Å²) >= 11 is 0. The van der Waals surface area contributed by atoms with Crippen molar-refractivity contribution in [1.29, 1.82) is 0 Å². The fraction of sp³-hybridized carbons (Fsp3) is 0.583. The first kappa shape index (κ1) is 13.4. The van der Waals surface area contributed by atoms with E-state index in [1.165, 1.54) is 6.20 Å². The molecule has 0 bridgehead atoms. The molecule has 0 spiro atoms. The molecule has 5 nitrogen and oxygen atoms in total. The van der Waals surface area contributed by atoms with E-state index in [9.17, 15) is 4.79 Å². The van der Waals surface area contributed by atoms with E-state index in [1.807, 2.05) is 0 Å². The molecule has 0 fully saturated rings. The van der Waals surface area contributed by atoms with Crippen LogP contribution in [0.5, 0.6) is 0 Å². The Kier molecular flexibility index (Phi) is 4.43. The Labute approximate surface area is 102 Å². The zero-order valence-electron chi connectivity index (χ0n) is 10.9. The van der Waals surface area contributed by atoms with Crippen LogP contribution in [-0.2, 0) is 0 Å². The molecule has 1 aromatic rings. The summed E-state index contributed by atoms with van der Waals surface area (Å²) in [6, 6.07) is 0. The van der Waals surface area contributed by atoms with Crippen LogP contribution in [0.25, 0.3) is 0 Å². The SMILES string of the molecule is CCC(C)(C)CNC(=O)c1cncc(NC)n1. The molecule has 0 radical (unpaired) electrons. The van der Waals surface area contributed by atoms with Gasteiger partial charge >= 0.3 is 0 Å². The minimum absolute atomic E-state index is 0.101. The monoisotopic (exact) mass is 236 g/mol. The van der Waals surface area contributed by atoms with Crippen LogP contribution in [0.4, 0.5) is 5.82 Å². The summed E-state index contributed by atoms with van der Waals surface area (Å²) in [5, 5.41) is 5.72. The molecule has 2 N–H and O–H groups in total. The number of rotatable bonds is 5. The number of nitrogens with one attached hydrogen (secondary N) is 2. The number of hydrogen-bond donors (Lipinski definition) is 2. The van der Waals surface area contributed by atoms with Crippen molar-refractivity contribution >= 4 is 11.7 Å². The summed E-state index contributed by atoms with van der Waals surface area (Å²) in [6.07, 6.45) is 4.05. The van der Waals surface area contributed by atoms with Gasteiger partial charge in [0.2, 0.25) is 0 Å². The predicted molar refractivity (Wildman–Crippen MR) is 68.0 cm³/mol. The Bertz CT molecular complexity index is 390. The summed E-state index contributed by atoms with van der Waals surface area (Å²) in [7, 11) is 1.74. The molecular weight excluding hydrogens is 216 g/mol. The number of carbonyl (C=O) groups is 1. The van der Waals surface area contributed by atoms with Gasteiger partial charge in [0.15, 0.2) is 0 Å². The van der Waals surface area contributed by atoms with Crippen LogP contribution < -0.4 is 10.6 Å². The van der Waals surface area contributed by atoms with E-state index in [0.717, 1.165) is 6.42 Å².